The quantitative estimate of drug-likeness (QED) is 0.948. The lowest BCUT2D eigenvalue weighted by Crippen LogP contribution is -2.22. The Hall–Kier alpha value is -2.40. The molecule has 0 saturated carbocycles. The average Bonchev–Trinajstić information content (AvgIpc) is 2.47. The number of nitrogens with one attached hydrogen (secondary N) is 1. The zero-order valence-corrected chi connectivity index (χ0v) is 12.4. The highest BCUT2D eigenvalue weighted by Gasteiger charge is 2.13. The van der Waals surface area contributed by atoms with Crippen molar-refractivity contribution in [3.8, 4) is 0 Å². The van der Waals surface area contributed by atoms with Gasteiger partial charge in [0.15, 0.2) is 0 Å². The van der Waals surface area contributed by atoms with Gasteiger partial charge in [-0.05, 0) is 30.3 Å². The summed E-state index contributed by atoms with van der Waals surface area (Å²) in [5.41, 5.74) is 1.41. The molecule has 0 unspecified atom stereocenters. The number of amides is 2. The Kier molecular flexibility index (Phi) is 4.55. The summed E-state index contributed by atoms with van der Waals surface area (Å²) in [6.45, 7) is 0. The van der Waals surface area contributed by atoms with Crippen molar-refractivity contribution in [2.24, 2.45) is 0 Å². The van der Waals surface area contributed by atoms with E-state index in [2.05, 4.69) is 10.3 Å². The van der Waals surface area contributed by atoms with E-state index in [4.69, 9.17) is 11.6 Å². The molecule has 1 aromatic heterocycles. The fourth-order valence-corrected chi connectivity index (χ4v) is 1.98. The zero-order chi connectivity index (χ0) is 15.4. The minimum absolute atomic E-state index is 0.188. The van der Waals surface area contributed by atoms with E-state index in [0.29, 0.717) is 21.8 Å². The largest absolute Gasteiger partial charge is 0.345 e. The second kappa shape index (κ2) is 6.37. The molecule has 2 rings (SSSR count). The summed E-state index contributed by atoms with van der Waals surface area (Å²) in [5.74, 6) is -0.452. The number of halogens is 1. The Labute approximate surface area is 127 Å². The van der Waals surface area contributed by atoms with E-state index in [1.807, 2.05) is 0 Å². The van der Waals surface area contributed by atoms with Gasteiger partial charge in [-0.1, -0.05) is 11.6 Å². The molecule has 0 aliphatic rings. The van der Waals surface area contributed by atoms with E-state index < -0.39 is 0 Å². The van der Waals surface area contributed by atoms with E-state index in [1.165, 1.54) is 4.90 Å². The summed E-state index contributed by atoms with van der Waals surface area (Å²) in [4.78, 5) is 29.2. The van der Waals surface area contributed by atoms with Gasteiger partial charge in [0.05, 0.1) is 10.6 Å². The summed E-state index contributed by atoms with van der Waals surface area (Å²) in [6.07, 6.45) is 3.08. The summed E-state index contributed by atoms with van der Waals surface area (Å²) in [7, 11) is 3.30. The smallest absolute Gasteiger partial charge is 0.255 e. The van der Waals surface area contributed by atoms with Crippen LogP contribution in [0.5, 0.6) is 0 Å². The van der Waals surface area contributed by atoms with Crippen LogP contribution >= 0.6 is 11.6 Å². The standard InChI is InChI=1S/C15H14ClN3O2/c1-19(2)15(21)12-4-3-11(9-13(12)16)18-14(20)10-5-7-17-8-6-10/h3-9H,1-2H3,(H,18,20). The maximum Gasteiger partial charge on any atom is 0.255 e. The molecule has 0 aliphatic carbocycles. The maximum absolute atomic E-state index is 12.0. The number of rotatable bonds is 3. The van der Waals surface area contributed by atoms with Gasteiger partial charge in [-0.3, -0.25) is 14.6 Å². The lowest BCUT2D eigenvalue weighted by molar-refractivity contribution is 0.0827. The molecule has 21 heavy (non-hydrogen) atoms. The first-order valence-corrected chi connectivity index (χ1v) is 6.59. The fraction of sp³-hybridized carbons (Fsp3) is 0.133. The van der Waals surface area contributed by atoms with E-state index in [-0.39, 0.29) is 11.8 Å². The number of carbonyl (C=O) groups is 2. The van der Waals surface area contributed by atoms with Gasteiger partial charge in [0.1, 0.15) is 0 Å². The summed E-state index contributed by atoms with van der Waals surface area (Å²) in [5, 5.41) is 3.01. The Morgan fingerprint density at radius 3 is 2.38 bits per heavy atom. The van der Waals surface area contributed by atoms with Crippen molar-refractivity contribution >= 4 is 29.1 Å². The van der Waals surface area contributed by atoms with Gasteiger partial charge in [0.2, 0.25) is 0 Å². The van der Waals surface area contributed by atoms with Crippen molar-refractivity contribution in [1.82, 2.24) is 9.88 Å². The minimum Gasteiger partial charge on any atom is -0.345 e. The fourth-order valence-electron chi connectivity index (χ4n) is 1.71. The first-order valence-electron chi connectivity index (χ1n) is 6.21. The van der Waals surface area contributed by atoms with Crippen LogP contribution in [0.1, 0.15) is 20.7 Å². The van der Waals surface area contributed by atoms with Crippen LogP contribution in [-0.4, -0.2) is 35.8 Å². The van der Waals surface area contributed by atoms with Crippen LogP contribution in [0.25, 0.3) is 0 Å². The molecule has 0 fully saturated rings. The average molecular weight is 304 g/mol. The molecule has 0 saturated heterocycles. The zero-order valence-electron chi connectivity index (χ0n) is 11.6. The van der Waals surface area contributed by atoms with Crippen LogP contribution in [0.2, 0.25) is 5.02 Å². The van der Waals surface area contributed by atoms with E-state index in [1.54, 1.807) is 56.8 Å². The van der Waals surface area contributed by atoms with Crippen molar-refractivity contribution < 1.29 is 9.59 Å². The molecule has 0 atom stereocenters. The molecule has 0 aliphatic heterocycles. The van der Waals surface area contributed by atoms with Crippen LogP contribution in [-0.2, 0) is 0 Å². The number of nitrogens with zero attached hydrogens (tertiary/aromatic N) is 2. The van der Waals surface area contributed by atoms with Gasteiger partial charge >= 0.3 is 0 Å². The molecule has 1 aromatic carbocycles. The molecule has 0 radical (unpaired) electrons. The molecular weight excluding hydrogens is 290 g/mol. The van der Waals surface area contributed by atoms with Crippen molar-refractivity contribution in [1.29, 1.82) is 0 Å². The first kappa shape index (κ1) is 15.0. The molecular formula is C15H14ClN3O2. The number of pyridine rings is 1. The third-order valence-electron chi connectivity index (χ3n) is 2.81. The number of aromatic nitrogens is 1. The number of hydrogen-bond donors (Lipinski definition) is 1. The summed E-state index contributed by atoms with van der Waals surface area (Å²) >= 11 is 6.09. The maximum atomic E-state index is 12.0. The van der Waals surface area contributed by atoms with Crippen molar-refractivity contribution in [3.05, 3.63) is 58.9 Å². The van der Waals surface area contributed by atoms with Gasteiger partial charge in [0.25, 0.3) is 11.8 Å². The minimum atomic E-state index is -0.264. The van der Waals surface area contributed by atoms with Gasteiger partial charge in [0, 0.05) is 37.7 Å². The van der Waals surface area contributed by atoms with Crippen molar-refractivity contribution in [2.45, 2.75) is 0 Å². The Morgan fingerprint density at radius 1 is 1.14 bits per heavy atom. The third kappa shape index (κ3) is 3.58. The van der Waals surface area contributed by atoms with Crippen LogP contribution in [0.3, 0.4) is 0 Å². The van der Waals surface area contributed by atoms with Crippen LogP contribution < -0.4 is 5.32 Å². The van der Waals surface area contributed by atoms with Crippen molar-refractivity contribution in [2.75, 3.05) is 19.4 Å². The Balaban J connectivity index is 2.18. The SMILES string of the molecule is CN(C)C(=O)c1ccc(NC(=O)c2ccncc2)cc1Cl. The highest BCUT2D eigenvalue weighted by atomic mass is 35.5. The molecule has 2 aromatic rings. The Morgan fingerprint density at radius 2 is 1.81 bits per heavy atom. The predicted molar refractivity (Wildman–Crippen MR) is 81.7 cm³/mol. The molecule has 1 N–H and O–H groups in total. The summed E-state index contributed by atoms with van der Waals surface area (Å²) in [6, 6.07) is 8.01. The van der Waals surface area contributed by atoms with Gasteiger partial charge < -0.3 is 10.2 Å². The monoisotopic (exact) mass is 303 g/mol. The topological polar surface area (TPSA) is 62.3 Å². The predicted octanol–water partition coefficient (Wildman–Crippen LogP) is 2.69. The van der Waals surface area contributed by atoms with Gasteiger partial charge in [-0.15, -0.1) is 0 Å². The normalized spacial score (nSPS) is 10.0. The molecule has 2 amide bonds. The third-order valence-corrected chi connectivity index (χ3v) is 3.12. The lowest BCUT2D eigenvalue weighted by Gasteiger charge is -2.12. The Bertz CT molecular complexity index is 672. The number of anilines is 1. The second-order valence-electron chi connectivity index (χ2n) is 4.58. The number of hydrogen-bond acceptors (Lipinski definition) is 3. The number of carbonyl (C=O) groups excluding carboxylic acids is 2. The first-order chi connectivity index (χ1) is 9.99. The van der Waals surface area contributed by atoms with Gasteiger partial charge in [-0.25, -0.2) is 0 Å². The van der Waals surface area contributed by atoms with E-state index >= 15 is 0 Å². The molecule has 1 heterocycles. The molecule has 5 nitrogen and oxygen atoms in total. The van der Waals surface area contributed by atoms with Crippen molar-refractivity contribution in [3.63, 3.8) is 0 Å². The summed E-state index contributed by atoms with van der Waals surface area (Å²) < 4.78 is 0. The van der Waals surface area contributed by atoms with E-state index in [0.717, 1.165) is 0 Å². The van der Waals surface area contributed by atoms with Gasteiger partial charge in [-0.2, -0.15) is 0 Å². The highest BCUT2D eigenvalue weighted by molar-refractivity contribution is 6.34. The van der Waals surface area contributed by atoms with E-state index in [9.17, 15) is 9.59 Å². The van der Waals surface area contributed by atoms with Crippen LogP contribution in [0, 0.1) is 0 Å². The molecule has 6 heteroatoms. The van der Waals surface area contributed by atoms with Crippen LogP contribution in [0.15, 0.2) is 42.7 Å². The highest BCUT2D eigenvalue weighted by Crippen LogP contribution is 2.22. The lowest BCUT2D eigenvalue weighted by atomic mass is 10.1. The molecule has 0 bridgehead atoms. The number of benzene rings is 1. The molecule has 0 spiro atoms. The second-order valence-corrected chi connectivity index (χ2v) is 4.99. The van der Waals surface area contributed by atoms with Crippen LogP contribution in [0.4, 0.5) is 5.69 Å². The molecule has 108 valence electrons.